The fourth-order valence-corrected chi connectivity index (χ4v) is 4.33. The van der Waals surface area contributed by atoms with Crippen molar-refractivity contribution in [3.63, 3.8) is 0 Å². The topological polar surface area (TPSA) is 162 Å². The van der Waals surface area contributed by atoms with Gasteiger partial charge in [-0.1, -0.05) is 24.3 Å². The molecular formula is C20H13F3N4O7S. The molecule has 1 amide bonds. The van der Waals surface area contributed by atoms with E-state index in [1.54, 1.807) is 10.8 Å². The van der Waals surface area contributed by atoms with Crippen molar-refractivity contribution >= 4 is 38.7 Å². The minimum absolute atomic E-state index is 0.112. The van der Waals surface area contributed by atoms with Gasteiger partial charge < -0.3 is 5.32 Å². The number of hydrogen-bond acceptors (Lipinski definition) is 7. The first-order valence-electron chi connectivity index (χ1n) is 9.33. The summed E-state index contributed by atoms with van der Waals surface area (Å²) in [5.74, 6) is -0.785. The van der Waals surface area contributed by atoms with Crippen molar-refractivity contribution in [1.29, 1.82) is 0 Å². The highest BCUT2D eigenvalue weighted by atomic mass is 32.2. The molecule has 0 radical (unpaired) electrons. The van der Waals surface area contributed by atoms with Crippen LogP contribution in [0.5, 0.6) is 0 Å². The molecule has 2 N–H and O–H groups in total. The average molecular weight is 510 g/mol. The standard InChI is InChI=1S/C20H13F3N4O7S/c21-20(22,23)13-7-4-8-14(9-13)25-35(33,34)18-16(26(29)30)10-15(11-17(18)27(31)32)24-19(28)12-5-2-1-3-6-12/h1-11,25H,(H,24,28). The average Bonchev–Trinajstić information content (AvgIpc) is 2.78. The largest absolute Gasteiger partial charge is 0.416 e. The van der Waals surface area contributed by atoms with E-state index >= 15 is 0 Å². The van der Waals surface area contributed by atoms with Gasteiger partial charge in [0.1, 0.15) is 0 Å². The lowest BCUT2D eigenvalue weighted by Gasteiger charge is -2.13. The Morgan fingerprint density at radius 3 is 1.91 bits per heavy atom. The monoisotopic (exact) mass is 510 g/mol. The predicted octanol–water partition coefficient (Wildman–Crippen LogP) is 4.57. The van der Waals surface area contributed by atoms with Crippen molar-refractivity contribution in [1.82, 2.24) is 0 Å². The predicted molar refractivity (Wildman–Crippen MR) is 116 cm³/mol. The summed E-state index contributed by atoms with van der Waals surface area (Å²) >= 11 is 0. The summed E-state index contributed by atoms with van der Waals surface area (Å²) < 4.78 is 66.3. The van der Waals surface area contributed by atoms with Gasteiger partial charge in [0.05, 0.1) is 21.1 Å². The van der Waals surface area contributed by atoms with Crippen LogP contribution < -0.4 is 10.0 Å². The van der Waals surface area contributed by atoms with Crippen LogP contribution in [-0.2, 0) is 16.2 Å². The van der Waals surface area contributed by atoms with Gasteiger partial charge in [-0.15, -0.1) is 0 Å². The molecule has 182 valence electrons. The van der Waals surface area contributed by atoms with Crippen LogP contribution in [-0.4, -0.2) is 24.2 Å². The SMILES string of the molecule is O=C(Nc1cc([N+](=O)[O-])c(S(=O)(=O)Nc2cccc(C(F)(F)F)c2)c([N+](=O)[O-])c1)c1ccccc1. The van der Waals surface area contributed by atoms with E-state index in [2.05, 4.69) is 5.32 Å². The van der Waals surface area contributed by atoms with Crippen LogP contribution in [0.3, 0.4) is 0 Å². The molecule has 3 aromatic carbocycles. The molecule has 0 bridgehead atoms. The van der Waals surface area contributed by atoms with Crippen LogP contribution in [0.25, 0.3) is 0 Å². The molecule has 0 saturated carbocycles. The van der Waals surface area contributed by atoms with Gasteiger partial charge in [0, 0.05) is 23.4 Å². The summed E-state index contributed by atoms with van der Waals surface area (Å²) in [5.41, 5.74) is -4.74. The van der Waals surface area contributed by atoms with Crippen LogP contribution >= 0.6 is 0 Å². The van der Waals surface area contributed by atoms with E-state index in [4.69, 9.17) is 0 Å². The molecule has 0 unspecified atom stereocenters. The fourth-order valence-electron chi connectivity index (χ4n) is 2.98. The highest BCUT2D eigenvalue weighted by Crippen LogP contribution is 2.38. The molecule has 0 aromatic heterocycles. The molecular weight excluding hydrogens is 497 g/mol. The van der Waals surface area contributed by atoms with E-state index in [1.165, 1.54) is 24.3 Å². The number of halogens is 3. The molecule has 0 aliphatic carbocycles. The number of carbonyl (C=O) groups excluding carboxylic acids is 1. The summed E-state index contributed by atoms with van der Waals surface area (Å²) in [4.78, 5) is 31.7. The van der Waals surface area contributed by atoms with Crippen molar-refractivity contribution in [3.8, 4) is 0 Å². The molecule has 0 heterocycles. The van der Waals surface area contributed by atoms with Crippen LogP contribution in [0.1, 0.15) is 15.9 Å². The number of nitrogens with one attached hydrogen (secondary N) is 2. The molecule has 11 nitrogen and oxygen atoms in total. The number of amides is 1. The first kappa shape index (κ1) is 25.1. The van der Waals surface area contributed by atoms with Crippen molar-refractivity contribution in [3.05, 3.63) is 98.1 Å². The van der Waals surface area contributed by atoms with Crippen LogP contribution in [0, 0.1) is 20.2 Å². The molecule has 0 saturated heterocycles. The molecule has 3 aromatic rings. The number of benzene rings is 3. The van der Waals surface area contributed by atoms with Crippen molar-refractivity contribution in [2.45, 2.75) is 11.1 Å². The van der Waals surface area contributed by atoms with Gasteiger partial charge in [-0.2, -0.15) is 13.2 Å². The highest BCUT2D eigenvalue weighted by molar-refractivity contribution is 7.93. The minimum atomic E-state index is -5.14. The third-order valence-corrected chi connectivity index (χ3v) is 5.91. The zero-order valence-electron chi connectivity index (χ0n) is 17.1. The first-order valence-corrected chi connectivity index (χ1v) is 10.8. The first-order chi connectivity index (χ1) is 16.3. The Morgan fingerprint density at radius 1 is 0.829 bits per heavy atom. The minimum Gasteiger partial charge on any atom is -0.321 e. The molecule has 15 heteroatoms. The van der Waals surface area contributed by atoms with E-state index < -0.39 is 65.2 Å². The van der Waals surface area contributed by atoms with Gasteiger partial charge in [0.25, 0.3) is 27.3 Å². The molecule has 0 aliphatic heterocycles. The van der Waals surface area contributed by atoms with Crippen molar-refractivity contribution in [2.75, 3.05) is 10.0 Å². The third kappa shape index (κ3) is 5.70. The summed E-state index contributed by atoms with van der Waals surface area (Å²) in [6, 6.07) is 11.5. The van der Waals surface area contributed by atoms with Crippen LogP contribution in [0.4, 0.5) is 35.9 Å². The van der Waals surface area contributed by atoms with Gasteiger partial charge in [-0.3, -0.25) is 29.7 Å². The molecule has 0 fully saturated rings. The fraction of sp³-hybridized carbons (Fsp3) is 0.0500. The second kappa shape index (κ2) is 9.38. The normalized spacial score (nSPS) is 11.5. The molecule has 3 rings (SSSR count). The maximum absolute atomic E-state index is 12.9. The Labute approximate surface area is 194 Å². The lowest BCUT2D eigenvalue weighted by Crippen LogP contribution is -2.18. The Hall–Kier alpha value is -4.53. The van der Waals surface area contributed by atoms with Gasteiger partial charge >= 0.3 is 6.18 Å². The number of carbonyl (C=O) groups is 1. The highest BCUT2D eigenvalue weighted by Gasteiger charge is 2.37. The van der Waals surface area contributed by atoms with E-state index in [9.17, 15) is 46.6 Å². The summed E-state index contributed by atoms with van der Waals surface area (Å²) in [6.07, 6.45) is -4.82. The van der Waals surface area contributed by atoms with Gasteiger partial charge in [0.15, 0.2) is 0 Å². The summed E-state index contributed by atoms with van der Waals surface area (Å²) in [6.45, 7) is 0. The number of alkyl halides is 3. The van der Waals surface area contributed by atoms with Gasteiger partial charge in [0.2, 0.25) is 4.90 Å². The van der Waals surface area contributed by atoms with Gasteiger partial charge in [-0.25, -0.2) is 8.42 Å². The number of sulfonamides is 1. The van der Waals surface area contributed by atoms with Crippen molar-refractivity contribution in [2.24, 2.45) is 0 Å². The maximum Gasteiger partial charge on any atom is 0.416 e. The Balaban J connectivity index is 2.09. The Kier molecular flexibility index (Phi) is 6.72. The lowest BCUT2D eigenvalue weighted by atomic mass is 10.2. The lowest BCUT2D eigenvalue weighted by molar-refractivity contribution is -0.399. The van der Waals surface area contributed by atoms with Crippen LogP contribution in [0.2, 0.25) is 0 Å². The number of anilines is 2. The van der Waals surface area contributed by atoms with E-state index in [-0.39, 0.29) is 5.56 Å². The van der Waals surface area contributed by atoms with E-state index in [1.807, 2.05) is 0 Å². The molecule has 0 aliphatic rings. The number of nitrogens with zero attached hydrogens (tertiary/aromatic N) is 2. The summed E-state index contributed by atoms with van der Waals surface area (Å²) in [7, 11) is -5.14. The number of nitro groups is 2. The van der Waals surface area contributed by atoms with Gasteiger partial charge in [-0.05, 0) is 30.3 Å². The smallest absolute Gasteiger partial charge is 0.321 e. The number of hydrogen-bond donors (Lipinski definition) is 2. The Morgan fingerprint density at radius 2 is 1.40 bits per heavy atom. The van der Waals surface area contributed by atoms with E-state index in [0.29, 0.717) is 24.3 Å². The van der Waals surface area contributed by atoms with E-state index in [0.717, 1.165) is 12.1 Å². The summed E-state index contributed by atoms with van der Waals surface area (Å²) in [5, 5.41) is 25.5. The molecule has 35 heavy (non-hydrogen) atoms. The third-order valence-electron chi connectivity index (χ3n) is 4.45. The zero-order chi connectivity index (χ0) is 26.0. The second-order valence-electron chi connectivity index (χ2n) is 6.86. The zero-order valence-corrected chi connectivity index (χ0v) is 18.0. The number of rotatable bonds is 7. The van der Waals surface area contributed by atoms with Crippen LogP contribution in [0.15, 0.2) is 71.6 Å². The second-order valence-corrected chi connectivity index (χ2v) is 8.48. The Bertz CT molecular complexity index is 1390. The number of nitro benzene ring substituents is 2. The molecule has 0 atom stereocenters. The molecule has 0 spiro atoms. The maximum atomic E-state index is 12.9. The quantitative estimate of drug-likeness (QED) is 0.347. The van der Waals surface area contributed by atoms with Crippen molar-refractivity contribution < 1.29 is 36.2 Å².